The second-order valence-electron chi connectivity index (χ2n) is 6.25. The highest BCUT2D eigenvalue weighted by Crippen LogP contribution is 2.34. The Morgan fingerprint density at radius 1 is 1.30 bits per heavy atom. The number of aliphatic hydroxyl groups is 1. The van der Waals surface area contributed by atoms with Gasteiger partial charge in [0.1, 0.15) is 6.04 Å². The van der Waals surface area contributed by atoms with Crippen LogP contribution < -0.4 is 0 Å². The minimum atomic E-state index is -3.89. The van der Waals surface area contributed by atoms with Crippen molar-refractivity contribution in [3.63, 3.8) is 0 Å². The molecule has 6 nitrogen and oxygen atoms in total. The number of hydrogen-bond acceptors (Lipinski definition) is 5. The van der Waals surface area contributed by atoms with E-state index in [0.717, 1.165) is 9.87 Å². The molecule has 1 N–H and O–H groups in total. The van der Waals surface area contributed by atoms with Gasteiger partial charge in [0, 0.05) is 12.5 Å². The van der Waals surface area contributed by atoms with E-state index < -0.39 is 28.1 Å². The summed E-state index contributed by atoms with van der Waals surface area (Å²) < 4.78 is 31.6. The summed E-state index contributed by atoms with van der Waals surface area (Å²) in [5.41, 5.74) is 0.940. The Hall–Kier alpha value is -1.44. The fraction of sp³-hybridized carbons (Fsp3) is 0.562. The molecule has 0 saturated carbocycles. The molecule has 1 saturated heterocycles. The predicted molar refractivity (Wildman–Crippen MR) is 85.2 cm³/mol. The summed E-state index contributed by atoms with van der Waals surface area (Å²) in [6.45, 7) is 5.74. The van der Waals surface area contributed by atoms with Crippen molar-refractivity contribution >= 4 is 16.0 Å². The fourth-order valence-corrected chi connectivity index (χ4v) is 4.54. The minimum absolute atomic E-state index is 0.0374. The van der Waals surface area contributed by atoms with E-state index in [1.54, 1.807) is 12.1 Å². The van der Waals surface area contributed by atoms with Crippen LogP contribution in [0.1, 0.15) is 19.4 Å². The van der Waals surface area contributed by atoms with Crippen LogP contribution in [0.5, 0.6) is 0 Å². The summed E-state index contributed by atoms with van der Waals surface area (Å²) >= 11 is 0. The number of aryl methyl sites for hydroxylation is 1. The first-order valence-electron chi connectivity index (χ1n) is 7.54. The van der Waals surface area contributed by atoms with Crippen LogP contribution in [0.2, 0.25) is 0 Å². The first kappa shape index (κ1) is 17.9. The molecule has 1 fully saturated rings. The van der Waals surface area contributed by atoms with E-state index in [2.05, 4.69) is 0 Å². The van der Waals surface area contributed by atoms with Crippen LogP contribution in [-0.4, -0.2) is 49.6 Å². The van der Waals surface area contributed by atoms with Crippen LogP contribution in [0.25, 0.3) is 0 Å². The van der Waals surface area contributed by atoms with Gasteiger partial charge in [-0.2, -0.15) is 4.31 Å². The Labute approximate surface area is 137 Å². The molecule has 0 aromatic heterocycles. The number of hydrogen-bond donors (Lipinski definition) is 1. The Morgan fingerprint density at radius 2 is 1.87 bits per heavy atom. The lowest BCUT2D eigenvalue weighted by molar-refractivity contribution is -0.147. The second kappa shape index (κ2) is 6.59. The molecule has 0 bridgehead atoms. The van der Waals surface area contributed by atoms with Crippen LogP contribution in [0.4, 0.5) is 0 Å². The molecule has 1 aromatic carbocycles. The van der Waals surface area contributed by atoms with Crippen molar-refractivity contribution in [1.29, 1.82) is 0 Å². The third kappa shape index (κ3) is 3.27. The van der Waals surface area contributed by atoms with Crippen LogP contribution in [-0.2, 0) is 19.6 Å². The summed E-state index contributed by atoms with van der Waals surface area (Å²) in [6.07, 6.45) is -1.08. The van der Waals surface area contributed by atoms with Crippen molar-refractivity contribution < 1.29 is 23.1 Å². The molecule has 1 aliphatic heterocycles. The Balaban J connectivity index is 2.45. The van der Waals surface area contributed by atoms with Gasteiger partial charge in [0.05, 0.1) is 18.1 Å². The lowest BCUT2D eigenvalue weighted by atomic mass is 9.91. The molecular weight excluding hydrogens is 318 g/mol. The summed E-state index contributed by atoms with van der Waals surface area (Å²) in [4.78, 5) is 12.2. The molecule has 2 rings (SSSR count). The number of benzene rings is 1. The van der Waals surface area contributed by atoms with Gasteiger partial charge < -0.3 is 9.84 Å². The highest BCUT2D eigenvalue weighted by atomic mass is 32.2. The van der Waals surface area contributed by atoms with Gasteiger partial charge in [-0.15, -0.1) is 0 Å². The van der Waals surface area contributed by atoms with Gasteiger partial charge in [0.2, 0.25) is 10.0 Å². The third-order valence-corrected chi connectivity index (χ3v) is 6.25. The van der Waals surface area contributed by atoms with Gasteiger partial charge in [-0.25, -0.2) is 8.42 Å². The van der Waals surface area contributed by atoms with E-state index >= 15 is 0 Å². The zero-order valence-electron chi connectivity index (χ0n) is 13.8. The average Bonchev–Trinajstić information content (AvgIpc) is 2.85. The van der Waals surface area contributed by atoms with Gasteiger partial charge in [-0.1, -0.05) is 31.5 Å². The first-order valence-corrected chi connectivity index (χ1v) is 8.98. The van der Waals surface area contributed by atoms with Crippen LogP contribution in [0, 0.1) is 18.8 Å². The van der Waals surface area contributed by atoms with Gasteiger partial charge in [0.15, 0.2) is 0 Å². The van der Waals surface area contributed by atoms with Crippen molar-refractivity contribution in [3.05, 3.63) is 29.8 Å². The number of rotatable bonds is 4. The zero-order chi connectivity index (χ0) is 17.4. The number of aliphatic hydroxyl groups excluding tert-OH is 1. The Bertz CT molecular complexity index is 668. The maximum Gasteiger partial charge on any atom is 0.326 e. The molecule has 1 aromatic rings. The quantitative estimate of drug-likeness (QED) is 0.831. The molecular formula is C16H23NO5S. The standard InChI is InChI=1S/C16H23NO5S/c1-10(2)13-9-17(14(15(13)18)16(19)22-4)23(20,21)12-7-5-11(3)6-8-12/h5-8,10,13-15,18H,9H2,1-4H3. The molecule has 0 aliphatic carbocycles. The second-order valence-corrected chi connectivity index (χ2v) is 8.14. The monoisotopic (exact) mass is 341 g/mol. The molecule has 1 heterocycles. The highest BCUT2D eigenvalue weighted by molar-refractivity contribution is 7.89. The van der Waals surface area contributed by atoms with Crippen LogP contribution in [0.3, 0.4) is 0 Å². The molecule has 128 valence electrons. The van der Waals surface area contributed by atoms with Crippen molar-refractivity contribution in [2.75, 3.05) is 13.7 Å². The summed E-state index contributed by atoms with van der Waals surface area (Å²) in [5, 5.41) is 10.4. The maximum absolute atomic E-state index is 12.9. The van der Waals surface area contributed by atoms with Gasteiger partial charge in [-0.3, -0.25) is 4.79 Å². The van der Waals surface area contributed by atoms with E-state index in [4.69, 9.17) is 4.74 Å². The van der Waals surface area contributed by atoms with E-state index in [1.807, 2.05) is 20.8 Å². The number of methoxy groups -OCH3 is 1. The van der Waals surface area contributed by atoms with Crippen molar-refractivity contribution in [2.45, 2.75) is 37.8 Å². The van der Waals surface area contributed by atoms with Crippen molar-refractivity contribution in [3.8, 4) is 0 Å². The number of ether oxygens (including phenoxy) is 1. The van der Waals surface area contributed by atoms with E-state index in [0.29, 0.717) is 0 Å². The molecule has 0 radical (unpaired) electrons. The molecule has 23 heavy (non-hydrogen) atoms. The van der Waals surface area contributed by atoms with Crippen molar-refractivity contribution in [1.82, 2.24) is 4.31 Å². The number of esters is 1. The van der Waals surface area contributed by atoms with Gasteiger partial charge >= 0.3 is 5.97 Å². The topological polar surface area (TPSA) is 83.9 Å². The third-order valence-electron chi connectivity index (χ3n) is 4.39. The largest absolute Gasteiger partial charge is 0.468 e. The zero-order valence-corrected chi connectivity index (χ0v) is 14.6. The number of nitrogens with zero attached hydrogens (tertiary/aromatic N) is 1. The minimum Gasteiger partial charge on any atom is -0.468 e. The first-order chi connectivity index (χ1) is 10.7. The summed E-state index contributed by atoms with van der Waals surface area (Å²) in [5.74, 6) is -1.02. The average molecular weight is 341 g/mol. The highest BCUT2D eigenvalue weighted by Gasteiger charge is 2.51. The normalized spacial score (nSPS) is 25.7. The molecule has 0 spiro atoms. The summed E-state index contributed by atoms with van der Waals surface area (Å²) in [6, 6.07) is 5.21. The Kier molecular flexibility index (Phi) is 5.13. The number of sulfonamides is 1. The fourth-order valence-electron chi connectivity index (χ4n) is 2.91. The van der Waals surface area contributed by atoms with Gasteiger partial charge in [0.25, 0.3) is 0 Å². The van der Waals surface area contributed by atoms with E-state index in [-0.39, 0.29) is 23.3 Å². The molecule has 0 amide bonds. The molecule has 3 unspecified atom stereocenters. The van der Waals surface area contributed by atoms with E-state index in [9.17, 15) is 18.3 Å². The van der Waals surface area contributed by atoms with E-state index in [1.165, 1.54) is 19.2 Å². The molecule has 7 heteroatoms. The van der Waals surface area contributed by atoms with Gasteiger partial charge in [-0.05, 0) is 25.0 Å². The number of carbonyl (C=O) groups is 1. The summed E-state index contributed by atoms with van der Waals surface area (Å²) in [7, 11) is -2.70. The SMILES string of the molecule is COC(=O)C1C(O)C(C(C)C)CN1S(=O)(=O)c1ccc(C)cc1. The molecule has 3 atom stereocenters. The smallest absolute Gasteiger partial charge is 0.326 e. The molecule has 1 aliphatic rings. The lowest BCUT2D eigenvalue weighted by Gasteiger charge is -2.23. The number of carbonyl (C=O) groups excluding carboxylic acids is 1. The predicted octanol–water partition coefficient (Wildman–Crippen LogP) is 1.17. The van der Waals surface area contributed by atoms with Crippen LogP contribution in [0.15, 0.2) is 29.2 Å². The lowest BCUT2D eigenvalue weighted by Crippen LogP contribution is -2.45. The van der Waals surface area contributed by atoms with Crippen LogP contribution >= 0.6 is 0 Å². The maximum atomic E-state index is 12.9. The Morgan fingerprint density at radius 3 is 2.35 bits per heavy atom. The van der Waals surface area contributed by atoms with Crippen molar-refractivity contribution in [2.24, 2.45) is 11.8 Å².